The number of hydrogen-bond acceptors (Lipinski definition) is 3. The molecule has 0 aliphatic heterocycles. The first-order chi connectivity index (χ1) is 12.2. The molecule has 0 fully saturated rings. The zero-order chi connectivity index (χ0) is 17.2. The minimum absolute atomic E-state index is 0.290. The van der Waals surface area contributed by atoms with E-state index in [-0.39, 0.29) is 5.91 Å². The van der Waals surface area contributed by atoms with Crippen molar-refractivity contribution in [3.63, 3.8) is 0 Å². The van der Waals surface area contributed by atoms with Gasteiger partial charge in [-0.05, 0) is 36.4 Å². The summed E-state index contributed by atoms with van der Waals surface area (Å²) in [5.74, 6) is 0.748. The normalized spacial score (nSPS) is 10.8. The topological polar surface area (TPSA) is 80.5 Å². The zero-order valence-electron chi connectivity index (χ0n) is 12.9. The van der Waals surface area contributed by atoms with Crippen molar-refractivity contribution in [1.82, 2.24) is 24.3 Å². The molecule has 2 N–H and O–H groups in total. The Morgan fingerprint density at radius 1 is 1.16 bits per heavy atom. The van der Waals surface area contributed by atoms with Crippen LogP contribution in [0, 0.1) is 0 Å². The maximum absolute atomic E-state index is 12.7. The van der Waals surface area contributed by atoms with Gasteiger partial charge in [0.05, 0.1) is 11.9 Å². The van der Waals surface area contributed by atoms with E-state index in [9.17, 15) is 4.79 Å². The highest BCUT2D eigenvalue weighted by molar-refractivity contribution is 9.10. The Bertz CT molecular complexity index is 987. The van der Waals surface area contributed by atoms with E-state index in [1.54, 1.807) is 23.3 Å². The smallest absolute Gasteiger partial charge is 0.263 e. The molecule has 0 saturated carbocycles. The molecule has 0 aliphatic carbocycles. The van der Waals surface area contributed by atoms with Gasteiger partial charge < -0.3 is 9.55 Å². The minimum Gasteiger partial charge on any atom is -0.331 e. The van der Waals surface area contributed by atoms with Crippen molar-refractivity contribution in [3.8, 4) is 11.5 Å². The first-order valence-corrected chi connectivity index (χ1v) is 8.30. The van der Waals surface area contributed by atoms with E-state index in [1.165, 1.54) is 0 Å². The number of nitrogens with zero attached hydrogens (tertiary/aromatic N) is 4. The van der Waals surface area contributed by atoms with Crippen molar-refractivity contribution in [1.29, 1.82) is 0 Å². The number of carbonyl (C=O) groups is 1. The molecule has 3 heterocycles. The molecule has 0 atom stereocenters. The molecule has 3 aromatic heterocycles. The summed E-state index contributed by atoms with van der Waals surface area (Å²) >= 11 is 3.43. The number of amides is 1. The molecule has 1 amide bonds. The second-order valence-electron chi connectivity index (χ2n) is 5.25. The van der Waals surface area contributed by atoms with Crippen molar-refractivity contribution < 1.29 is 4.79 Å². The second-order valence-corrected chi connectivity index (χ2v) is 6.17. The molecule has 0 unspecified atom stereocenters. The third kappa shape index (κ3) is 2.99. The minimum atomic E-state index is -0.290. The molecule has 25 heavy (non-hydrogen) atoms. The maximum atomic E-state index is 12.7. The van der Waals surface area contributed by atoms with Gasteiger partial charge in [0.25, 0.3) is 5.91 Å². The number of aromatic amines is 1. The van der Waals surface area contributed by atoms with E-state index in [2.05, 4.69) is 36.3 Å². The Kier molecular flexibility index (Phi) is 3.95. The van der Waals surface area contributed by atoms with Gasteiger partial charge in [-0.1, -0.05) is 15.9 Å². The first kappa shape index (κ1) is 15.4. The van der Waals surface area contributed by atoms with E-state index in [0.717, 1.165) is 10.2 Å². The van der Waals surface area contributed by atoms with Crippen LogP contribution < -0.4 is 5.32 Å². The monoisotopic (exact) mass is 396 g/mol. The standard InChI is InChI=1S/C17H13BrN6O/c18-12-3-5-13(6-4-12)24-16(23-9-1-2-10-23)14(11-21-24)15(25)22-17-19-7-8-20-17/h1-11H,(H2,19,20,22,25). The molecule has 8 heteroatoms. The van der Waals surface area contributed by atoms with Crippen LogP contribution in [0.5, 0.6) is 0 Å². The lowest BCUT2D eigenvalue weighted by atomic mass is 10.3. The number of carbonyl (C=O) groups excluding carboxylic acids is 1. The summed E-state index contributed by atoms with van der Waals surface area (Å²) in [6.45, 7) is 0. The van der Waals surface area contributed by atoms with Crippen LogP contribution in [0.2, 0.25) is 0 Å². The van der Waals surface area contributed by atoms with Gasteiger partial charge in [0.15, 0.2) is 5.82 Å². The molecule has 124 valence electrons. The molecule has 0 spiro atoms. The third-order valence-electron chi connectivity index (χ3n) is 3.64. The van der Waals surface area contributed by atoms with Crippen molar-refractivity contribution in [3.05, 3.63) is 77.4 Å². The number of aromatic nitrogens is 5. The number of benzene rings is 1. The predicted molar refractivity (Wildman–Crippen MR) is 97.1 cm³/mol. The van der Waals surface area contributed by atoms with Gasteiger partial charge in [-0.25, -0.2) is 9.67 Å². The molecule has 7 nitrogen and oxygen atoms in total. The zero-order valence-corrected chi connectivity index (χ0v) is 14.5. The molecule has 4 rings (SSSR count). The van der Waals surface area contributed by atoms with Crippen LogP contribution in [0.3, 0.4) is 0 Å². The van der Waals surface area contributed by atoms with Gasteiger partial charge in [-0.15, -0.1) is 0 Å². The van der Waals surface area contributed by atoms with E-state index in [0.29, 0.717) is 17.3 Å². The quantitative estimate of drug-likeness (QED) is 0.554. The lowest BCUT2D eigenvalue weighted by Crippen LogP contribution is -2.16. The fourth-order valence-electron chi connectivity index (χ4n) is 2.51. The summed E-state index contributed by atoms with van der Waals surface area (Å²) in [6, 6.07) is 11.5. The molecule has 0 bridgehead atoms. The second kappa shape index (κ2) is 6.40. The van der Waals surface area contributed by atoms with Crippen LogP contribution in [-0.2, 0) is 0 Å². The highest BCUT2D eigenvalue weighted by Crippen LogP contribution is 2.22. The van der Waals surface area contributed by atoms with Gasteiger partial charge in [-0.2, -0.15) is 5.10 Å². The van der Waals surface area contributed by atoms with Gasteiger partial charge in [0.1, 0.15) is 5.56 Å². The Labute approximate surface area is 151 Å². The SMILES string of the molecule is O=C(Nc1ncc[nH]1)c1cnn(-c2ccc(Br)cc2)c1-n1cccc1. The van der Waals surface area contributed by atoms with Gasteiger partial charge in [0.2, 0.25) is 5.95 Å². The van der Waals surface area contributed by atoms with Crippen LogP contribution in [0.15, 0.2) is 71.9 Å². The summed E-state index contributed by atoms with van der Waals surface area (Å²) in [4.78, 5) is 19.6. The summed E-state index contributed by atoms with van der Waals surface area (Å²) < 4.78 is 4.55. The number of hydrogen-bond donors (Lipinski definition) is 2. The highest BCUT2D eigenvalue weighted by Gasteiger charge is 2.20. The number of halogens is 1. The van der Waals surface area contributed by atoms with Crippen molar-refractivity contribution in [2.24, 2.45) is 0 Å². The van der Waals surface area contributed by atoms with E-state index < -0.39 is 0 Å². The molecular weight excluding hydrogens is 384 g/mol. The lowest BCUT2D eigenvalue weighted by molar-refractivity contribution is 0.102. The van der Waals surface area contributed by atoms with E-state index in [1.807, 2.05) is 53.4 Å². The average molecular weight is 397 g/mol. The number of H-pyrrole nitrogens is 1. The number of imidazole rings is 1. The van der Waals surface area contributed by atoms with Crippen LogP contribution in [0.4, 0.5) is 5.95 Å². The fourth-order valence-corrected chi connectivity index (χ4v) is 2.77. The average Bonchev–Trinajstić information content (AvgIpc) is 3.36. The predicted octanol–water partition coefficient (Wildman–Crippen LogP) is 3.40. The molecular formula is C17H13BrN6O. The van der Waals surface area contributed by atoms with Gasteiger partial charge in [0, 0.05) is 29.3 Å². The largest absolute Gasteiger partial charge is 0.331 e. The van der Waals surface area contributed by atoms with E-state index >= 15 is 0 Å². The summed E-state index contributed by atoms with van der Waals surface area (Å²) in [5.41, 5.74) is 1.29. The van der Waals surface area contributed by atoms with Gasteiger partial charge in [-0.3, -0.25) is 10.1 Å². The third-order valence-corrected chi connectivity index (χ3v) is 4.17. The first-order valence-electron chi connectivity index (χ1n) is 7.50. The Hall–Kier alpha value is -3.13. The summed E-state index contributed by atoms with van der Waals surface area (Å²) in [5, 5.41) is 7.15. The summed E-state index contributed by atoms with van der Waals surface area (Å²) in [6.07, 6.45) is 8.52. The number of anilines is 1. The van der Waals surface area contributed by atoms with Crippen LogP contribution >= 0.6 is 15.9 Å². The van der Waals surface area contributed by atoms with Crippen LogP contribution in [-0.4, -0.2) is 30.2 Å². The molecule has 0 saturated heterocycles. The molecule has 0 radical (unpaired) electrons. The molecule has 0 aliphatic rings. The lowest BCUT2D eigenvalue weighted by Gasteiger charge is -2.11. The highest BCUT2D eigenvalue weighted by atomic mass is 79.9. The van der Waals surface area contributed by atoms with E-state index in [4.69, 9.17) is 0 Å². The molecule has 1 aromatic carbocycles. The Morgan fingerprint density at radius 2 is 1.92 bits per heavy atom. The van der Waals surface area contributed by atoms with Crippen molar-refractivity contribution in [2.75, 3.05) is 5.32 Å². The Balaban J connectivity index is 1.79. The maximum Gasteiger partial charge on any atom is 0.263 e. The van der Waals surface area contributed by atoms with Crippen LogP contribution in [0.25, 0.3) is 11.5 Å². The Morgan fingerprint density at radius 3 is 2.60 bits per heavy atom. The van der Waals surface area contributed by atoms with Gasteiger partial charge >= 0.3 is 0 Å². The van der Waals surface area contributed by atoms with Crippen molar-refractivity contribution >= 4 is 27.8 Å². The number of nitrogens with one attached hydrogen (secondary N) is 2. The van der Waals surface area contributed by atoms with Crippen molar-refractivity contribution in [2.45, 2.75) is 0 Å². The fraction of sp³-hybridized carbons (Fsp3) is 0. The number of rotatable bonds is 4. The van der Waals surface area contributed by atoms with Crippen LogP contribution in [0.1, 0.15) is 10.4 Å². The molecule has 4 aromatic rings. The summed E-state index contributed by atoms with van der Waals surface area (Å²) in [7, 11) is 0.